The molecule has 0 bridgehead atoms. The fraction of sp³-hybridized carbons (Fsp3) is 0.294. The summed E-state index contributed by atoms with van der Waals surface area (Å²) in [5.41, 5.74) is 9.31. The van der Waals surface area contributed by atoms with Crippen molar-refractivity contribution in [3.8, 4) is 0 Å². The number of benzene rings is 4. The first-order valence-electron chi connectivity index (χ1n) is 13.6. The van der Waals surface area contributed by atoms with Crippen molar-refractivity contribution in [3.05, 3.63) is 144 Å². The van der Waals surface area contributed by atoms with E-state index in [4.69, 9.17) is 0 Å². The summed E-state index contributed by atoms with van der Waals surface area (Å²) >= 11 is 0. The minimum Gasteiger partial charge on any atom is -0.0910 e. The van der Waals surface area contributed by atoms with Gasteiger partial charge in [0.15, 0.2) is 0 Å². The number of rotatable bonds is 7. The summed E-state index contributed by atoms with van der Waals surface area (Å²) in [6.45, 7) is 0. The molecule has 0 radical (unpaired) electrons. The lowest BCUT2D eigenvalue weighted by Crippen LogP contribution is -2.05. The second kappa shape index (κ2) is 11.4. The van der Waals surface area contributed by atoms with E-state index >= 15 is 0 Å². The Balaban J connectivity index is 1.30. The van der Waals surface area contributed by atoms with Crippen molar-refractivity contribution in [2.75, 3.05) is 12.3 Å². The Labute approximate surface area is 219 Å². The average molecular weight is 507 g/mol. The van der Waals surface area contributed by atoms with Crippen molar-refractivity contribution in [2.45, 2.75) is 48.3 Å². The molecule has 0 N–H and O–H groups in total. The molecule has 0 aromatic heterocycles. The minimum absolute atomic E-state index is 0.100. The van der Waals surface area contributed by atoms with Crippen molar-refractivity contribution in [3.63, 3.8) is 0 Å². The van der Waals surface area contributed by atoms with Gasteiger partial charge in [-0.15, -0.1) is 0 Å². The third-order valence-electron chi connectivity index (χ3n) is 8.38. The molecule has 2 heterocycles. The van der Waals surface area contributed by atoms with E-state index < -0.39 is 0 Å². The van der Waals surface area contributed by atoms with Crippen molar-refractivity contribution < 1.29 is 0 Å². The summed E-state index contributed by atoms with van der Waals surface area (Å²) in [6, 6.07) is 45.8. The van der Waals surface area contributed by atoms with Gasteiger partial charge in [-0.25, -0.2) is 0 Å². The van der Waals surface area contributed by atoms with Gasteiger partial charge in [-0.3, -0.25) is 0 Å². The van der Waals surface area contributed by atoms with Crippen LogP contribution in [0.2, 0.25) is 0 Å². The van der Waals surface area contributed by atoms with Crippen LogP contribution < -0.4 is 0 Å². The highest BCUT2D eigenvalue weighted by atomic mass is 31.1. The molecule has 6 rings (SSSR count). The number of hydrogen-bond donors (Lipinski definition) is 0. The molecule has 0 spiro atoms. The molecule has 36 heavy (non-hydrogen) atoms. The Morgan fingerprint density at radius 3 is 0.806 bits per heavy atom. The first kappa shape index (κ1) is 24.1. The first-order valence-corrected chi connectivity index (χ1v) is 16.9. The highest BCUT2D eigenvalue weighted by Crippen LogP contribution is 2.75. The van der Waals surface area contributed by atoms with Gasteiger partial charge in [-0.05, 0) is 60.3 Å². The Kier molecular flexibility index (Phi) is 7.65. The summed E-state index contributed by atoms with van der Waals surface area (Å²) in [5, 5.41) is 0. The largest absolute Gasteiger partial charge is 0.0910 e. The SMILES string of the molecule is c1ccc([C@H]2CC[C@@H](c3ccccc3)P2CCP2[C@H](c3ccccc3)CC[C@H]2c2ccccc2)cc1. The van der Waals surface area contributed by atoms with Crippen LogP contribution in [0, 0.1) is 0 Å². The fourth-order valence-electron chi connectivity index (χ4n) is 6.72. The molecule has 4 aromatic carbocycles. The van der Waals surface area contributed by atoms with Crippen LogP contribution >= 0.6 is 15.8 Å². The van der Waals surface area contributed by atoms with Crippen molar-refractivity contribution in [1.29, 1.82) is 0 Å². The highest BCUT2D eigenvalue weighted by molar-refractivity contribution is 7.62. The molecule has 2 saturated heterocycles. The Hall–Kier alpha value is -2.26. The molecule has 0 saturated carbocycles. The zero-order valence-corrected chi connectivity index (χ0v) is 22.8. The quantitative estimate of drug-likeness (QED) is 0.219. The zero-order chi connectivity index (χ0) is 24.2. The first-order chi connectivity index (χ1) is 17.9. The monoisotopic (exact) mass is 506 g/mol. The van der Waals surface area contributed by atoms with Crippen LogP contribution in [0.25, 0.3) is 0 Å². The normalized spacial score (nSPS) is 26.3. The van der Waals surface area contributed by atoms with Gasteiger partial charge in [-0.1, -0.05) is 137 Å². The van der Waals surface area contributed by atoms with E-state index in [0.29, 0.717) is 0 Å². The van der Waals surface area contributed by atoms with Gasteiger partial charge in [0, 0.05) is 22.6 Å². The molecule has 0 amide bonds. The summed E-state index contributed by atoms with van der Waals surface area (Å²) in [6.07, 6.45) is 8.20. The molecule has 2 aliphatic heterocycles. The maximum absolute atomic E-state index is 2.40. The van der Waals surface area contributed by atoms with Crippen LogP contribution in [0.15, 0.2) is 121 Å². The van der Waals surface area contributed by atoms with E-state index in [2.05, 4.69) is 121 Å². The molecular weight excluding hydrogens is 470 g/mol. The maximum Gasteiger partial charge on any atom is 0.00477 e. The summed E-state index contributed by atoms with van der Waals surface area (Å²) in [5.74, 6) is 0. The van der Waals surface area contributed by atoms with Gasteiger partial charge >= 0.3 is 0 Å². The van der Waals surface area contributed by atoms with E-state index in [0.717, 1.165) is 22.6 Å². The van der Waals surface area contributed by atoms with Crippen LogP contribution in [-0.2, 0) is 0 Å². The molecule has 182 valence electrons. The minimum atomic E-state index is -0.100. The van der Waals surface area contributed by atoms with E-state index in [1.54, 1.807) is 22.3 Å². The third-order valence-corrected chi connectivity index (χ3v) is 15.6. The second-order valence-corrected chi connectivity index (χ2v) is 15.8. The molecule has 4 aromatic rings. The second-order valence-electron chi connectivity index (χ2n) is 10.3. The van der Waals surface area contributed by atoms with Gasteiger partial charge in [0.25, 0.3) is 0 Å². The molecular formula is C34H36P2. The van der Waals surface area contributed by atoms with Crippen LogP contribution in [0.4, 0.5) is 0 Å². The Bertz CT molecular complexity index is 1020. The maximum atomic E-state index is 2.40. The molecule has 1 unspecified atom stereocenters. The number of hydrogen-bond acceptors (Lipinski definition) is 0. The summed E-state index contributed by atoms with van der Waals surface area (Å²) in [4.78, 5) is 0. The van der Waals surface area contributed by atoms with Gasteiger partial charge in [0.1, 0.15) is 0 Å². The molecule has 2 heteroatoms. The lowest BCUT2D eigenvalue weighted by molar-refractivity contribution is 0.765. The Morgan fingerprint density at radius 1 is 0.361 bits per heavy atom. The van der Waals surface area contributed by atoms with E-state index in [9.17, 15) is 0 Å². The standard InChI is InChI=1S/C34H36P2/c1-5-13-27(14-6-1)31-21-22-32(28-15-7-2-8-16-28)35(31)25-26-36-33(29-17-9-3-10-18-29)23-24-34(36)30-19-11-4-12-20-30/h1-20,31-34H,21-26H2/t31-,32-,33-,34+,36?/m0/s1. The smallest absolute Gasteiger partial charge is 0.00477 e. The van der Waals surface area contributed by atoms with Crippen LogP contribution in [-0.4, -0.2) is 12.3 Å². The third kappa shape index (κ3) is 5.09. The van der Waals surface area contributed by atoms with Crippen LogP contribution in [0.5, 0.6) is 0 Å². The predicted octanol–water partition coefficient (Wildman–Crippen LogP) is 10.5. The van der Waals surface area contributed by atoms with Crippen molar-refractivity contribution in [2.24, 2.45) is 0 Å². The lowest BCUT2D eigenvalue weighted by atomic mass is 10.0. The van der Waals surface area contributed by atoms with E-state index in [1.807, 2.05) is 0 Å². The molecule has 2 fully saturated rings. The molecule has 2 aliphatic rings. The van der Waals surface area contributed by atoms with Gasteiger partial charge in [0.05, 0.1) is 0 Å². The van der Waals surface area contributed by atoms with Gasteiger partial charge in [0.2, 0.25) is 0 Å². The predicted molar refractivity (Wildman–Crippen MR) is 159 cm³/mol. The summed E-state index contributed by atoms with van der Waals surface area (Å²) in [7, 11) is -0.201. The molecule has 5 atom stereocenters. The zero-order valence-electron chi connectivity index (χ0n) is 21.0. The van der Waals surface area contributed by atoms with Crippen LogP contribution in [0.3, 0.4) is 0 Å². The topological polar surface area (TPSA) is 0 Å². The fourth-order valence-corrected chi connectivity index (χ4v) is 14.8. The molecule has 0 aliphatic carbocycles. The summed E-state index contributed by atoms with van der Waals surface area (Å²) < 4.78 is 0. The lowest BCUT2D eigenvalue weighted by Gasteiger charge is -2.32. The van der Waals surface area contributed by atoms with Gasteiger partial charge < -0.3 is 0 Å². The Morgan fingerprint density at radius 2 is 0.583 bits per heavy atom. The van der Waals surface area contributed by atoms with E-state index in [1.165, 1.54) is 38.0 Å². The van der Waals surface area contributed by atoms with E-state index in [-0.39, 0.29) is 15.8 Å². The molecule has 0 nitrogen and oxygen atoms in total. The van der Waals surface area contributed by atoms with Gasteiger partial charge in [-0.2, -0.15) is 0 Å². The van der Waals surface area contributed by atoms with Crippen LogP contribution in [0.1, 0.15) is 70.6 Å². The highest BCUT2D eigenvalue weighted by Gasteiger charge is 2.41. The van der Waals surface area contributed by atoms with Crippen molar-refractivity contribution in [1.82, 2.24) is 0 Å². The average Bonchev–Trinajstić information content (AvgIpc) is 3.58. The van der Waals surface area contributed by atoms with Crippen molar-refractivity contribution >= 4 is 15.8 Å².